The fraction of sp³-hybridized carbons (Fsp3) is 0.458. The number of halogens is 2. The van der Waals surface area contributed by atoms with E-state index in [1.165, 1.54) is 6.07 Å². The molecule has 3 N–H and O–H groups in total. The second-order valence-electron chi connectivity index (χ2n) is 8.90. The number of nitrogens with zero attached hydrogens (tertiary/aromatic N) is 3. The third kappa shape index (κ3) is 4.36. The van der Waals surface area contributed by atoms with E-state index in [1.807, 2.05) is 32.1 Å². The van der Waals surface area contributed by atoms with Gasteiger partial charge in [-0.1, -0.05) is 31.4 Å². The van der Waals surface area contributed by atoms with Crippen LogP contribution in [0.15, 0.2) is 18.5 Å². The maximum absolute atomic E-state index is 15.3. The van der Waals surface area contributed by atoms with Crippen LogP contribution in [-0.2, 0) is 0 Å². The van der Waals surface area contributed by atoms with Crippen molar-refractivity contribution in [3.63, 3.8) is 0 Å². The van der Waals surface area contributed by atoms with Gasteiger partial charge in [0.25, 0.3) is 5.91 Å². The number of carbonyl (C=O) groups is 1. The van der Waals surface area contributed by atoms with Gasteiger partial charge in [-0.3, -0.25) is 9.20 Å². The van der Waals surface area contributed by atoms with Crippen molar-refractivity contribution in [2.75, 3.05) is 5.73 Å². The number of hydrogen-bond acceptors (Lipinski definition) is 5. The lowest BCUT2D eigenvalue weighted by Gasteiger charge is -2.23. The number of fused-ring (bicyclic) bond motifs is 1. The van der Waals surface area contributed by atoms with Gasteiger partial charge in [0.15, 0.2) is 5.82 Å². The first-order valence-electron chi connectivity index (χ1n) is 11.3. The van der Waals surface area contributed by atoms with Gasteiger partial charge in [-0.2, -0.15) is 0 Å². The number of nitrogens with two attached hydrogens (primary N) is 1. The van der Waals surface area contributed by atoms with Crippen molar-refractivity contribution in [2.24, 2.45) is 0 Å². The molecule has 2 heterocycles. The predicted octanol–water partition coefficient (Wildman–Crippen LogP) is 5.02. The smallest absolute Gasteiger partial charge is 0.258 e. The lowest BCUT2D eigenvalue weighted by atomic mass is 9.95. The van der Waals surface area contributed by atoms with Crippen molar-refractivity contribution in [3.05, 3.63) is 51.9 Å². The largest absolute Gasteiger partial charge is 0.490 e. The fourth-order valence-electron chi connectivity index (χ4n) is 4.56. The third-order valence-electron chi connectivity index (χ3n) is 6.11. The van der Waals surface area contributed by atoms with Crippen molar-refractivity contribution in [2.45, 2.75) is 71.4 Å². The first kappa shape index (κ1) is 23.3. The normalized spacial score (nSPS) is 15.4. The zero-order chi connectivity index (χ0) is 23.9. The minimum absolute atomic E-state index is 0.0259. The van der Waals surface area contributed by atoms with Crippen LogP contribution in [0.2, 0.25) is 5.02 Å². The maximum atomic E-state index is 15.3. The Bertz CT molecular complexity index is 1200. The van der Waals surface area contributed by atoms with E-state index in [4.69, 9.17) is 27.1 Å². The Morgan fingerprint density at radius 1 is 1.33 bits per heavy atom. The summed E-state index contributed by atoms with van der Waals surface area (Å²) in [6.07, 6.45) is 6.95. The molecule has 1 amide bonds. The number of aromatic nitrogens is 3. The van der Waals surface area contributed by atoms with Gasteiger partial charge in [-0.15, -0.1) is 0 Å². The van der Waals surface area contributed by atoms with Crippen molar-refractivity contribution in [3.8, 4) is 5.75 Å². The monoisotopic (exact) mass is 473 g/mol. The zero-order valence-corrected chi connectivity index (χ0v) is 20.0. The van der Waals surface area contributed by atoms with Gasteiger partial charge >= 0.3 is 0 Å². The van der Waals surface area contributed by atoms with Crippen LogP contribution in [-0.4, -0.2) is 32.4 Å². The number of hydrogen-bond donors (Lipinski definition) is 2. The number of anilines is 1. The first-order chi connectivity index (χ1) is 15.7. The van der Waals surface area contributed by atoms with Gasteiger partial charge in [0.05, 0.1) is 16.8 Å². The number of rotatable bonds is 6. The van der Waals surface area contributed by atoms with Gasteiger partial charge in [0.1, 0.15) is 28.5 Å². The number of nitrogens with one attached hydrogen (secondary N) is 1. The summed E-state index contributed by atoms with van der Waals surface area (Å²) in [4.78, 5) is 22.1. The summed E-state index contributed by atoms with van der Waals surface area (Å²) in [6, 6.07) is 1.55. The van der Waals surface area contributed by atoms with Gasteiger partial charge in [0.2, 0.25) is 0 Å². The predicted molar refractivity (Wildman–Crippen MR) is 127 cm³/mol. The number of ether oxygens (including phenoxy) is 1. The van der Waals surface area contributed by atoms with E-state index < -0.39 is 11.7 Å². The van der Waals surface area contributed by atoms with E-state index >= 15 is 4.39 Å². The summed E-state index contributed by atoms with van der Waals surface area (Å²) in [5.74, 6) is -0.451. The Hall–Kier alpha value is -2.87. The van der Waals surface area contributed by atoms with E-state index in [1.54, 1.807) is 12.4 Å². The molecule has 0 bridgehead atoms. The van der Waals surface area contributed by atoms with Gasteiger partial charge in [-0.05, 0) is 39.7 Å². The third-order valence-corrected chi connectivity index (χ3v) is 6.39. The maximum Gasteiger partial charge on any atom is 0.258 e. The minimum Gasteiger partial charge on any atom is -0.490 e. The van der Waals surface area contributed by atoms with Crippen LogP contribution in [0, 0.1) is 12.7 Å². The average molecular weight is 474 g/mol. The summed E-state index contributed by atoms with van der Waals surface area (Å²) in [6.45, 7) is 7.44. The first-order valence-corrected chi connectivity index (χ1v) is 11.6. The molecule has 1 atom stereocenters. The lowest BCUT2D eigenvalue weighted by molar-refractivity contribution is 0.0927. The molecule has 1 fully saturated rings. The molecule has 33 heavy (non-hydrogen) atoms. The summed E-state index contributed by atoms with van der Waals surface area (Å²) in [5, 5.41) is 2.82. The van der Waals surface area contributed by atoms with E-state index in [0.717, 1.165) is 31.4 Å². The highest BCUT2D eigenvalue weighted by atomic mass is 35.5. The van der Waals surface area contributed by atoms with Crippen LogP contribution in [0.4, 0.5) is 10.2 Å². The molecule has 7 nitrogen and oxygen atoms in total. The van der Waals surface area contributed by atoms with Crippen LogP contribution in [0.25, 0.3) is 5.52 Å². The second kappa shape index (κ2) is 9.17. The van der Waals surface area contributed by atoms with E-state index in [0.29, 0.717) is 22.7 Å². The molecule has 0 spiro atoms. The summed E-state index contributed by atoms with van der Waals surface area (Å²) in [7, 11) is 0. The molecule has 9 heteroatoms. The number of nitrogen functional groups attached to an aromatic ring is 1. The highest BCUT2D eigenvalue weighted by Crippen LogP contribution is 2.40. The summed E-state index contributed by atoms with van der Waals surface area (Å²) < 4.78 is 23.2. The Kier molecular flexibility index (Phi) is 6.47. The van der Waals surface area contributed by atoms with Gasteiger partial charge in [0, 0.05) is 29.9 Å². The number of carbonyl (C=O) groups excluding carboxylic acids is 1. The van der Waals surface area contributed by atoms with E-state index in [-0.39, 0.29) is 34.4 Å². The average Bonchev–Trinajstić information content (AvgIpc) is 3.38. The molecule has 1 aliphatic rings. The molecule has 3 aromatic rings. The SMILES string of the molecule is Cc1nc([C@H](C)c2cc(Cl)c(F)c(C(=O)NC3CCCC3)c2OC(C)C)n2ccnc(N)c12. The van der Waals surface area contributed by atoms with Crippen molar-refractivity contribution < 1.29 is 13.9 Å². The van der Waals surface area contributed by atoms with Crippen LogP contribution >= 0.6 is 11.6 Å². The van der Waals surface area contributed by atoms with Crippen molar-refractivity contribution in [1.29, 1.82) is 0 Å². The highest BCUT2D eigenvalue weighted by molar-refractivity contribution is 6.31. The molecule has 4 rings (SSSR count). The molecular weight excluding hydrogens is 445 g/mol. The van der Waals surface area contributed by atoms with Crippen LogP contribution in [0.3, 0.4) is 0 Å². The minimum atomic E-state index is -0.781. The van der Waals surface area contributed by atoms with Crippen LogP contribution < -0.4 is 15.8 Å². The molecule has 1 aromatic carbocycles. The Labute approximate surface area is 197 Å². The molecule has 0 aliphatic heterocycles. The molecule has 2 aromatic heterocycles. The standard InChI is InChI=1S/C24H29ClFN5O2/c1-12(2)33-21-16(13(3)23-29-14(4)20-22(27)28-9-10-31(20)23)11-17(25)19(26)18(21)24(32)30-15-7-5-6-8-15/h9-13,15H,5-8H2,1-4H3,(H2,27,28)(H,30,32)/t13-/m1/s1. The van der Waals surface area contributed by atoms with Crippen LogP contribution in [0.1, 0.15) is 79.8 Å². The van der Waals surface area contributed by atoms with Crippen molar-refractivity contribution >= 4 is 28.8 Å². The second-order valence-corrected chi connectivity index (χ2v) is 9.30. The van der Waals surface area contributed by atoms with Gasteiger partial charge < -0.3 is 15.8 Å². The molecule has 0 saturated heterocycles. The zero-order valence-electron chi connectivity index (χ0n) is 19.3. The number of aryl methyl sites for hydroxylation is 1. The Balaban J connectivity index is 1.86. The lowest BCUT2D eigenvalue weighted by Crippen LogP contribution is -2.34. The molecule has 176 valence electrons. The van der Waals surface area contributed by atoms with E-state index in [2.05, 4.69) is 10.3 Å². The molecule has 0 radical (unpaired) electrons. The van der Waals surface area contributed by atoms with Gasteiger partial charge in [-0.25, -0.2) is 14.4 Å². The number of amides is 1. The fourth-order valence-corrected chi connectivity index (χ4v) is 4.77. The molecule has 1 saturated carbocycles. The number of benzene rings is 1. The topological polar surface area (TPSA) is 94.5 Å². The molecule has 0 unspecified atom stereocenters. The molecular formula is C24H29ClFN5O2. The van der Waals surface area contributed by atoms with Crippen LogP contribution in [0.5, 0.6) is 5.75 Å². The Morgan fingerprint density at radius 2 is 2.03 bits per heavy atom. The summed E-state index contributed by atoms with van der Waals surface area (Å²) >= 11 is 6.30. The Morgan fingerprint density at radius 3 is 2.70 bits per heavy atom. The summed E-state index contributed by atoms with van der Waals surface area (Å²) in [5.41, 5.74) is 7.91. The molecule has 1 aliphatic carbocycles. The quantitative estimate of drug-likeness (QED) is 0.524. The van der Waals surface area contributed by atoms with E-state index in [9.17, 15) is 4.79 Å². The highest BCUT2D eigenvalue weighted by Gasteiger charge is 2.31. The number of imidazole rings is 1. The van der Waals surface area contributed by atoms with Crippen molar-refractivity contribution in [1.82, 2.24) is 19.7 Å².